The van der Waals surface area contributed by atoms with Crippen molar-refractivity contribution in [2.45, 2.75) is 25.8 Å². The van der Waals surface area contributed by atoms with Crippen LogP contribution in [0.1, 0.15) is 46.0 Å². The molecule has 0 radical (unpaired) electrons. The summed E-state index contributed by atoms with van der Waals surface area (Å²) in [6.45, 7) is 3.82. The Morgan fingerprint density at radius 2 is 2.00 bits per heavy atom. The fourth-order valence-corrected chi connectivity index (χ4v) is 5.80. The molecule has 4 rings (SSSR count). The Bertz CT molecular complexity index is 1420. The number of carbonyl (C=O) groups excluding carboxylic acids is 2. The first-order chi connectivity index (χ1) is 15.1. The lowest BCUT2D eigenvalue weighted by atomic mass is 9.93. The average molecular weight is 472 g/mol. The van der Waals surface area contributed by atoms with Crippen LogP contribution in [0.15, 0.2) is 51.3 Å². The van der Waals surface area contributed by atoms with Crippen LogP contribution in [0.5, 0.6) is 0 Å². The van der Waals surface area contributed by atoms with E-state index in [1.165, 1.54) is 28.4 Å². The van der Waals surface area contributed by atoms with Gasteiger partial charge in [0, 0.05) is 10.8 Å². The van der Waals surface area contributed by atoms with E-state index in [1.807, 2.05) is 13.8 Å². The molecule has 0 bridgehead atoms. The molecular formula is C22H21N3O5S2. The van der Waals surface area contributed by atoms with Gasteiger partial charge < -0.3 is 10.7 Å². The maximum absolute atomic E-state index is 13.5. The number of nitrogens with one attached hydrogen (secondary N) is 1. The fourth-order valence-electron chi connectivity index (χ4n) is 3.90. The van der Waals surface area contributed by atoms with Crippen molar-refractivity contribution in [3.63, 3.8) is 0 Å². The first-order valence-corrected chi connectivity index (χ1v) is 12.5. The molecule has 0 spiro atoms. The summed E-state index contributed by atoms with van der Waals surface area (Å²) in [6.07, 6.45) is 1.44. The molecule has 0 saturated heterocycles. The van der Waals surface area contributed by atoms with Gasteiger partial charge in [-0.3, -0.25) is 19.3 Å². The molecule has 0 fully saturated rings. The van der Waals surface area contributed by atoms with Gasteiger partial charge in [0.1, 0.15) is 5.56 Å². The molecule has 1 aliphatic rings. The minimum Gasteiger partial charge on any atom is -0.366 e. The van der Waals surface area contributed by atoms with Gasteiger partial charge in [-0.05, 0) is 40.5 Å². The monoisotopic (exact) mass is 471 g/mol. The number of nitrogens with two attached hydrogens (primary N) is 1. The number of fused-ring (bicyclic) bond motifs is 1. The van der Waals surface area contributed by atoms with Crippen molar-refractivity contribution in [1.29, 1.82) is 0 Å². The molecule has 1 aliphatic heterocycles. The highest BCUT2D eigenvalue weighted by Gasteiger charge is 2.33. The molecule has 166 valence electrons. The highest BCUT2D eigenvalue weighted by atomic mass is 32.2. The number of anilines is 1. The molecular weight excluding hydrogens is 450 g/mol. The number of hydrogen-bond acceptors (Lipinski definition) is 6. The van der Waals surface area contributed by atoms with Gasteiger partial charge in [0.25, 0.3) is 17.4 Å². The Balaban J connectivity index is 1.86. The van der Waals surface area contributed by atoms with Crippen molar-refractivity contribution >= 4 is 49.6 Å². The quantitative estimate of drug-likeness (QED) is 0.591. The third kappa shape index (κ3) is 3.87. The largest absolute Gasteiger partial charge is 0.366 e. The van der Waals surface area contributed by atoms with Gasteiger partial charge in [-0.1, -0.05) is 26.0 Å². The number of primary amides is 1. The summed E-state index contributed by atoms with van der Waals surface area (Å²) < 4.78 is 23.9. The lowest BCUT2D eigenvalue weighted by Gasteiger charge is -2.26. The lowest BCUT2D eigenvalue weighted by Crippen LogP contribution is -2.43. The average Bonchev–Trinajstić information content (AvgIpc) is 3.36. The maximum atomic E-state index is 13.5. The number of aromatic amines is 1. The molecule has 32 heavy (non-hydrogen) atoms. The van der Waals surface area contributed by atoms with Crippen LogP contribution in [-0.4, -0.2) is 37.0 Å². The van der Waals surface area contributed by atoms with Gasteiger partial charge >= 0.3 is 0 Å². The summed E-state index contributed by atoms with van der Waals surface area (Å²) in [5, 5.41) is 5.04. The summed E-state index contributed by atoms with van der Waals surface area (Å²) in [6, 6.07) is 5.85. The number of H-pyrrole nitrogens is 1. The molecule has 3 N–H and O–H groups in total. The standard InChI is InChI=1S/C22H21N3O5S2/c1-12(2)16-4-3-13-9-17(21(27)24-19(13)18(16)20(23)26)22(28)25(14-5-7-31-10-14)15-6-8-32(29,30)11-15/h3-10,12,15H,11H2,1-2H3,(H2,23,26)(H,24,27)/t15-/m1/s1. The van der Waals surface area contributed by atoms with Crippen LogP contribution in [0, 0.1) is 0 Å². The Kier molecular flexibility index (Phi) is 5.51. The first kappa shape index (κ1) is 22.0. The first-order valence-electron chi connectivity index (χ1n) is 9.85. The van der Waals surface area contributed by atoms with Gasteiger partial charge in [0.05, 0.1) is 28.6 Å². The molecule has 3 heterocycles. The van der Waals surface area contributed by atoms with E-state index in [2.05, 4.69) is 4.98 Å². The number of benzene rings is 1. The van der Waals surface area contributed by atoms with Crippen LogP contribution in [0.3, 0.4) is 0 Å². The van der Waals surface area contributed by atoms with Crippen LogP contribution in [0.25, 0.3) is 10.9 Å². The predicted molar refractivity (Wildman–Crippen MR) is 125 cm³/mol. The topological polar surface area (TPSA) is 130 Å². The van der Waals surface area contributed by atoms with Crippen LogP contribution >= 0.6 is 11.3 Å². The van der Waals surface area contributed by atoms with E-state index in [0.717, 1.165) is 5.41 Å². The maximum Gasteiger partial charge on any atom is 0.264 e. The van der Waals surface area contributed by atoms with Crippen LogP contribution in [0.4, 0.5) is 5.69 Å². The third-order valence-electron chi connectivity index (χ3n) is 5.40. The van der Waals surface area contributed by atoms with E-state index < -0.39 is 33.3 Å². The summed E-state index contributed by atoms with van der Waals surface area (Å²) in [4.78, 5) is 42.5. The zero-order chi connectivity index (χ0) is 23.2. The predicted octanol–water partition coefficient (Wildman–Crippen LogP) is 2.77. The number of pyridine rings is 1. The van der Waals surface area contributed by atoms with Crippen LogP contribution in [0.2, 0.25) is 0 Å². The highest BCUT2D eigenvalue weighted by molar-refractivity contribution is 7.94. The van der Waals surface area contributed by atoms with Crippen molar-refractivity contribution < 1.29 is 18.0 Å². The Morgan fingerprint density at radius 3 is 2.56 bits per heavy atom. The van der Waals surface area contributed by atoms with Crippen LogP contribution in [-0.2, 0) is 9.84 Å². The molecule has 0 saturated carbocycles. The molecule has 3 aromatic rings. The van der Waals surface area contributed by atoms with Gasteiger partial charge in [-0.25, -0.2) is 8.42 Å². The Hall–Kier alpha value is -3.24. The second-order valence-corrected chi connectivity index (χ2v) is 10.6. The van der Waals surface area contributed by atoms with E-state index in [1.54, 1.807) is 29.0 Å². The number of nitrogens with zero attached hydrogens (tertiary/aromatic N) is 1. The van der Waals surface area contributed by atoms with Gasteiger partial charge in [0.2, 0.25) is 0 Å². The minimum absolute atomic E-state index is 0.00287. The second-order valence-electron chi connectivity index (χ2n) is 7.91. The molecule has 1 atom stereocenters. The summed E-state index contributed by atoms with van der Waals surface area (Å²) >= 11 is 1.35. The normalized spacial score (nSPS) is 17.2. The molecule has 2 amide bonds. The summed E-state index contributed by atoms with van der Waals surface area (Å²) in [5.74, 6) is -1.57. The van der Waals surface area contributed by atoms with Crippen molar-refractivity contribution in [2.24, 2.45) is 5.73 Å². The third-order valence-corrected chi connectivity index (χ3v) is 7.45. The van der Waals surface area contributed by atoms with Crippen LogP contribution < -0.4 is 16.2 Å². The van der Waals surface area contributed by atoms with E-state index in [-0.39, 0.29) is 28.3 Å². The van der Waals surface area contributed by atoms with Crippen molar-refractivity contribution in [3.05, 3.63) is 73.6 Å². The number of hydrogen-bond donors (Lipinski definition) is 2. The molecule has 0 aliphatic carbocycles. The number of thiophene rings is 1. The second kappa shape index (κ2) is 8.03. The zero-order valence-electron chi connectivity index (χ0n) is 17.4. The number of carbonyl (C=O) groups is 2. The molecule has 0 unspecified atom stereocenters. The lowest BCUT2D eigenvalue weighted by molar-refractivity contribution is 0.0979. The smallest absolute Gasteiger partial charge is 0.264 e. The van der Waals surface area contributed by atoms with E-state index >= 15 is 0 Å². The number of amides is 2. The number of sulfone groups is 1. The fraction of sp³-hybridized carbons (Fsp3) is 0.227. The zero-order valence-corrected chi connectivity index (χ0v) is 19.0. The summed E-state index contributed by atoms with van der Waals surface area (Å²) in [7, 11) is -3.43. The van der Waals surface area contributed by atoms with Gasteiger partial charge in [-0.15, -0.1) is 0 Å². The van der Waals surface area contributed by atoms with Gasteiger partial charge in [0.15, 0.2) is 9.84 Å². The highest BCUT2D eigenvalue weighted by Crippen LogP contribution is 2.29. The van der Waals surface area contributed by atoms with Gasteiger partial charge in [-0.2, -0.15) is 11.3 Å². The Labute approximate surface area is 188 Å². The Morgan fingerprint density at radius 1 is 1.25 bits per heavy atom. The molecule has 8 nitrogen and oxygen atoms in total. The van der Waals surface area contributed by atoms with Crippen molar-refractivity contribution in [3.8, 4) is 0 Å². The number of aromatic nitrogens is 1. The van der Waals surface area contributed by atoms with Crippen molar-refractivity contribution in [1.82, 2.24) is 4.98 Å². The minimum atomic E-state index is -3.43. The van der Waals surface area contributed by atoms with Crippen molar-refractivity contribution in [2.75, 3.05) is 10.7 Å². The van der Waals surface area contributed by atoms with E-state index in [0.29, 0.717) is 16.6 Å². The van der Waals surface area contributed by atoms with E-state index in [4.69, 9.17) is 5.73 Å². The molecule has 2 aromatic heterocycles. The molecule has 10 heteroatoms. The summed E-state index contributed by atoms with van der Waals surface area (Å²) in [5.41, 5.74) is 6.43. The SMILES string of the molecule is CC(C)c1ccc2cc(C(=O)N(c3ccsc3)[C@@H]3C=CS(=O)(=O)C3)c(=O)[nH]c2c1C(N)=O. The van der Waals surface area contributed by atoms with E-state index in [9.17, 15) is 22.8 Å². The number of rotatable bonds is 5. The molecule has 1 aromatic carbocycles.